The predicted molar refractivity (Wildman–Crippen MR) is 100 cm³/mol. The number of nitrogens with zero attached hydrogens (tertiary/aromatic N) is 3. The summed E-state index contributed by atoms with van der Waals surface area (Å²) in [6.45, 7) is 2.20. The van der Waals surface area contributed by atoms with Gasteiger partial charge in [-0.3, -0.25) is 4.79 Å². The van der Waals surface area contributed by atoms with Crippen molar-refractivity contribution in [1.29, 1.82) is 0 Å². The predicted octanol–water partition coefficient (Wildman–Crippen LogP) is 3.58. The number of anilines is 2. The van der Waals surface area contributed by atoms with Crippen LogP contribution >= 0.6 is 22.9 Å². The fraction of sp³-hybridized carbons (Fsp3) is 0.412. The standard InChI is InChI=1S/C17H21ClN4OS/c1-21-9-6-12(7-10-21)22(2)15-5-3-4-14(19-15)20-17(23)16-13(18)8-11-24-16/h3-5,8,11-12H,6-7,9-10H2,1-2H3,(H,19,20,23). The van der Waals surface area contributed by atoms with E-state index in [-0.39, 0.29) is 5.91 Å². The third-order valence-corrected chi connectivity index (χ3v) is 5.74. The largest absolute Gasteiger partial charge is 0.357 e. The summed E-state index contributed by atoms with van der Waals surface area (Å²) in [4.78, 5) is 21.9. The molecule has 2 aromatic rings. The van der Waals surface area contributed by atoms with Crippen molar-refractivity contribution in [3.05, 3.63) is 39.5 Å². The molecule has 0 aromatic carbocycles. The molecule has 128 valence electrons. The Bertz CT molecular complexity index is 712. The van der Waals surface area contributed by atoms with E-state index in [1.165, 1.54) is 11.3 Å². The first-order valence-electron chi connectivity index (χ1n) is 7.97. The van der Waals surface area contributed by atoms with Crippen LogP contribution in [0.1, 0.15) is 22.5 Å². The smallest absolute Gasteiger partial charge is 0.268 e. The molecule has 1 aliphatic heterocycles. The second kappa shape index (κ2) is 7.51. The van der Waals surface area contributed by atoms with Gasteiger partial charge in [0.05, 0.1) is 5.02 Å². The summed E-state index contributed by atoms with van der Waals surface area (Å²) in [6.07, 6.45) is 2.24. The normalized spacial score (nSPS) is 16.1. The van der Waals surface area contributed by atoms with Crippen LogP contribution < -0.4 is 10.2 Å². The summed E-state index contributed by atoms with van der Waals surface area (Å²) in [5.41, 5.74) is 0. The van der Waals surface area contributed by atoms with Gasteiger partial charge in [0.1, 0.15) is 16.5 Å². The Morgan fingerprint density at radius 3 is 2.79 bits per heavy atom. The van der Waals surface area contributed by atoms with Gasteiger partial charge < -0.3 is 15.1 Å². The van der Waals surface area contributed by atoms with Crippen LogP contribution in [0.5, 0.6) is 0 Å². The Balaban J connectivity index is 1.70. The summed E-state index contributed by atoms with van der Waals surface area (Å²) in [5.74, 6) is 1.20. The first kappa shape index (κ1) is 17.2. The van der Waals surface area contributed by atoms with Crippen molar-refractivity contribution in [3.63, 3.8) is 0 Å². The minimum atomic E-state index is -0.221. The van der Waals surface area contributed by atoms with Gasteiger partial charge >= 0.3 is 0 Å². The maximum Gasteiger partial charge on any atom is 0.268 e. The van der Waals surface area contributed by atoms with Gasteiger partial charge in [-0.25, -0.2) is 4.98 Å². The van der Waals surface area contributed by atoms with Crippen molar-refractivity contribution in [2.24, 2.45) is 0 Å². The lowest BCUT2D eigenvalue weighted by molar-refractivity contribution is 0.103. The number of halogens is 1. The van der Waals surface area contributed by atoms with Crippen molar-refractivity contribution in [1.82, 2.24) is 9.88 Å². The molecule has 0 saturated carbocycles. The fourth-order valence-electron chi connectivity index (χ4n) is 2.89. The van der Waals surface area contributed by atoms with E-state index in [1.54, 1.807) is 17.5 Å². The molecule has 0 spiro atoms. The first-order chi connectivity index (χ1) is 11.5. The number of aromatic nitrogens is 1. The number of carbonyl (C=O) groups excluding carboxylic acids is 1. The second-order valence-corrected chi connectivity index (χ2v) is 7.40. The van der Waals surface area contributed by atoms with Crippen LogP contribution in [0.15, 0.2) is 29.6 Å². The number of pyridine rings is 1. The van der Waals surface area contributed by atoms with E-state index in [1.807, 2.05) is 12.1 Å². The SMILES string of the molecule is CN1CCC(N(C)c2cccc(NC(=O)c3sccc3Cl)n2)CC1. The third-order valence-electron chi connectivity index (χ3n) is 4.40. The highest BCUT2D eigenvalue weighted by molar-refractivity contribution is 7.12. The van der Waals surface area contributed by atoms with Crippen LogP contribution in [-0.2, 0) is 0 Å². The van der Waals surface area contributed by atoms with E-state index in [9.17, 15) is 4.79 Å². The molecule has 1 N–H and O–H groups in total. The van der Waals surface area contributed by atoms with Gasteiger partial charge in [-0.2, -0.15) is 0 Å². The molecule has 1 amide bonds. The first-order valence-corrected chi connectivity index (χ1v) is 9.23. The average molecular weight is 365 g/mol. The lowest BCUT2D eigenvalue weighted by atomic mass is 10.0. The zero-order valence-corrected chi connectivity index (χ0v) is 15.4. The Hall–Kier alpha value is -1.63. The summed E-state index contributed by atoms with van der Waals surface area (Å²) >= 11 is 7.34. The number of hydrogen-bond donors (Lipinski definition) is 1. The number of nitrogens with one attached hydrogen (secondary N) is 1. The Labute approximate surface area is 151 Å². The van der Waals surface area contributed by atoms with E-state index in [2.05, 4.69) is 34.2 Å². The van der Waals surface area contributed by atoms with Crippen molar-refractivity contribution < 1.29 is 4.79 Å². The molecule has 3 heterocycles. The lowest BCUT2D eigenvalue weighted by Gasteiger charge is -2.35. The topological polar surface area (TPSA) is 48.5 Å². The molecule has 3 rings (SSSR count). The molecule has 0 unspecified atom stereocenters. The highest BCUT2D eigenvalue weighted by Crippen LogP contribution is 2.24. The zero-order chi connectivity index (χ0) is 17.1. The average Bonchev–Trinajstić information content (AvgIpc) is 3.01. The summed E-state index contributed by atoms with van der Waals surface area (Å²) in [5, 5.41) is 5.10. The zero-order valence-electron chi connectivity index (χ0n) is 13.8. The fourth-order valence-corrected chi connectivity index (χ4v) is 3.92. The van der Waals surface area contributed by atoms with Crippen LogP contribution in [0.2, 0.25) is 5.02 Å². The van der Waals surface area contributed by atoms with Crippen molar-refractivity contribution in [3.8, 4) is 0 Å². The molecule has 0 atom stereocenters. The van der Waals surface area contributed by atoms with Crippen molar-refractivity contribution in [2.75, 3.05) is 37.4 Å². The molecule has 1 aliphatic rings. The van der Waals surface area contributed by atoms with E-state index in [0.29, 0.717) is 21.8 Å². The number of hydrogen-bond acceptors (Lipinski definition) is 5. The second-order valence-electron chi connectivity index (χ2n) is 6.08. The number of likely N-dealkylation sites (tertiary alicyclic amines) is 1. The van der Waals surface area contributed by atoms with Crippen LogP contribution in [0, 0.1) is 0 Å². The molecule has 0 radical (unpaired) electrons. The Kier molecular flexibility index (Phi) is 5.38. The monoisotopic (exact) mass is 364 g/mol. The van der Waals surface area contributed by atoms with Crippen molar-refractivity contribution in [2.45, 2.75) is 18.9 Å². The number of piperidine rings is 1. The maximum absolute atomic E-state index is 12.3. The summed E-state index contributed by atoms with van der Waals surface area (Å²) < 4.78 is 0. The van der Waals surface area contributed by atoms with Gasteiger partial charge in [0.15, 0.2) is 0 Å². The number of thiophene rings is 1. The van der Waals surface area contributed by atoms with Gasteiger partial charge in [0, 0.05) is 13.1 Å². The Morgan fingerprint density at radius 1 is 1.38 bits per heavy atom. The van der Waals surface area contributed by atoms with Crippen LogP contribution in [0.3, 0.4) is 0 Å². The van der Waals surface area contributed by atoms with Crippen molar-refractivity contribution >= 4 is 40.5 Å². The lowest BCUT2D eigenvalue weighted by Crippen LogP contribution is -2.42. The van der Waals surface area contributed by atoms with E-state index in [0.717, 1.165) is 31.7 Å². The molecule has 1 fully saturated rings. The van der Waals surface area contributed by atoms with Crippen LogP contribution in [0.4, 0.5) is 11.6 Å². The van der Waals surface area contributed by atoms with Gasteiger partial charge in [0.2, 0.25) is 0 Å². The van der Waals surface area contributed by atoms with Gasteiger partial charge in [-0.1, -0.05) is 17.7 Å². The van der Waals surface area contributed by atoms with Gasteiger partial charge in [-0.15, -0.1) is 11.3 Å². The molecule has 5 nitrogen and oxygen atoms in total. The molecule has 1 saturated heterocycles. The van der Waals surface area contributed by atoms with E-state index < -0.39 is 0 Å². The quantitative estimate of drug-likeness (QED) is 0.900. The summed E-state index contributed by atoms with van der Waals surface area (Å²) in [6, 6.07) is 7.89. The molecule has 2 aromatic heterocycles. The molecule has 7 heteroatoms. The van der Waals surface area contributed by atoms with Gasteiger partial charge in [-0.05, 0) is 56.6 Å². The maximum atomic E-state index is 12.3. The number of amides is 1. The third kappa shape index (κ3) is 3.88. The highest BCUT2D eigenvalue weighted by atomic mass is 35.5. The van der Waals surface area contributed by atoms with Crippen LogP contribution in [-0.4, -0.2) is 49.0 Å². The molecule has 0 aliphatic carbocycles. The molecule has 24 heavy (non-hydrogen) atoms. The minimum Gasteiger partial charge on any atom is -0.357 e. The summed E-state index contributed by atoms with van der Waals surface area (Å²) in [7, 11) is 4.22. The minimum absolute atomic E-state index is 0.221. The van der Waals surface area contributed by atoms with Gasteiger partial charge in [0.25, 0.3) is 5.91 Å². The van der Waals surface area contributed by atoms with E-state index >= 15 is 0 Å². The Morgan fingerprint density at radius 2 is 2.12 bits per heavy atom. The van der Waals surface area contributed by atoms with E-state index in [4.69, 9.17) is 11.6 Å². The highest BCUT2D eigenvalue weighted by Gasteiger charge is 2.22. The van der Waals surface area contributed by atoms with Crippen LogP contribution in [0.25, 0.3) is 0 Å². The molecule has 0 bridgehead atoms. The number of rotatable bonds is 4. The number of carbonyl (C=O) groups is 1. The molecular formula is C17H21ClN4OS. The molecular weight excluding hydrogens is 344 g/mol.